The minimum Gasteiger partial charge on any atom is -0.508 e. The molecule has 4 heterocycles. The number of aromatic hydroxyl groups is 2. The predicted octanol–water partition coefficient (Wildman–Crippen LogP) is 6.21. The molecule has 0 fully saturated rings. The van der Waals surface area contributed by atoms with Crippen molar-refractivity contribution in [1.82, 2.24) is 4.40 Å². The minimum absolute atomic E-state index is 0.197. The first-order valence-electron chi connectivity index (χ1n) is 8.65. The average molecular weight is 369 g/mol. The third-order valence-corrected chi connectivity index (χ3v) is 6.67. The number of fused-ring (bicyclic) bond motifs is 10. The molecule has 4 nitrogen and oxygen atoms in total. The van der Waals surface area contributed by atoms with E-state index in [2.05, 4.69) is 22.6 Å². The van der Waals surface area contributed by atoms with E-state index >= 15 is 0 Å². The highest BCUT2D eigenvalue weighted by Gasteiger charge is 2.24. The van der Waals surface area contributed by atoms with Crippen LogP contribution in [-0.4, -0.2) is 14.6 Å². The maximum atomic E-state index is 9.90. The Kier molecular flexibility index (Phi) is 2.17. The van der Waals surface area contributed by atoms with Crippen molar-refractivity contribution in [2.75, 3.05) is 0 Å². The van der Waals surface area contributed by atoms with Crippen LogP contribution in [0.5, 0.6) is 11.5 Å². The highest BCUT2D eigenvalue weighted by Crippen LogP contribution is 2.47. The van der Waals surface area contributed by atoms with Crippen molar-refractivity contribution in [3.8, 4) is 11.5 Å². The van der Waals surface area contributed by atoms with E-state index in [-0.39, 0.29) is 11.5 Å². The van der Waals surface area contributed by atoms with Crippen molar-refractivity contribution in [3.63, 3.8) is 0 Å². The van der Waals surface area contributed by atoms with Crippen LogP contribution in [0.25, 0.3) is 58.7 Å². The molecule has 7 aromatic rings. The lowest BCUT2D eigenvalue weighted by atomic mass is 10.1. The van der Waals surface area contributed by atoms with Gasteiger partial charge in [0.05, 0.1) is 15.7 Å². The zero-order valence-electron chi connectivity index (χ0n) is 13.9. The summed E-state index contributed by atoms with van der Waals surface area (Å²) in [7, 11) is 0. The molecule has 0 atom stereocenters. The highest BCUT2D eigenvalue weighted by molar-refractivity contribution is 7.26. The lowest BCUT2D eigenvalue weighted by molar-refractivity contribution is 0.474. The van der Waals surface area contributed by atoms with Crippen molar-refractivity contribution < 1.29 is 14.6 Å². The number of nitrogens with zero attached hydrogens (tertiary/aromatic N) is 1. The Balaban J connectivity index is 1.88. The number of furan rings is 1. The Morgan fingerprint density at radius 2 is 1.52 bits per heavy atom. The van der Waals surface area contributed by atoms with Crippen molar-refractivity contribution in [2.45, 2.75) is 0 Å². The second-order valence-corrected chi connectivity index (χ2v) is 8.01. The van der Waals surface area contributed by atoms with Gasteiger partial charge in [-0.25, -0.2) is 0 Å². The van der Waals surface area contributed by atoms with Crippen LogP contribution in [0.15, 0.2) is 59.0 Å². The van der Waals surface area contributed by atoms with Gasteiger partial charge >= 0.3 is 0 Å². The summed E-state index contributed by atoms with van der Waals surface area (Å²) in [5.74, 6) is 0.477. The molecule has 0 radical (unpaired) electrons. The summed E-state index contributed by atoms with van der Waals surface area (Å²) >= 11 is 1.70. The average Bonchev–Trinajstić information content (AvgIpc) is 3.35. The molecule has 128 valence electrons. The van der Waals surface area contributed by atoms with Crippen LogP contribution in [0.3, 0.4) is 0 Å². The molecule has 0 aliphatic rings. The van der Waals surface area contributed by atoms with Gasteiger partial charge < -0.3 is 19.0 Å². The molecule has 0 saturated heterocycles. The van der Waals surface area contributed by atoms with E-state index in [1.54, 1.807) is 29.5 Å². The van der Waals surface area contributed by atoms with Crippen molar-refractivity contribution in [3.05, 3.63) is 54.6 Å². The van der Waals surface area contributed by atoms with Gasteiger partial charge in [-0.2, -0.15) is 0 Å². The van der Waals surface area contributed by atoms with Crippen LogP contribution in [0.1, 0.15) is 0 Å². The largest absolute Gasteiger partial charge is 0.508 e. The van der Waals surface area contributed by atoms with Crippen LogP contribution in [0, 0.1) is 0 Å². The van der Waals surface area contributed by atoms with Crippen LogP contribution in [0.4, 0.5) is 0 Å². The van der Waals surface area contributed by atoms with Gasteiger partial charge in [-0.15, -0.1) is 11.3 Å². The first kappa shape index (κ1) is 13.7. The van der Waals surface area contributed by atoms with Crippen LogP contribution in [0.2, 0.25) is 0 Å². The number of hydrogen-bond acceptors (Lipinski definition) is 4. The van der Waals surface area contributed by atoms with E-state index in [4.69, 9.17) is 4.42 Å². The maximum absolute atomic E-state index is 9.90. The molecule has 5 heteroatoms. The summed E-state index contributed by atoms with van der Waals surface area (Å²) in [6.07, 6.45) is 0. The van der Waals surface area contributed by atoms with E-state index in [9.17, 15) is 10.2 Å². The second kappa shape index (κ2) is 4.27. The number of para-hydroxylation sites is 1. The first-order valence-corrected chi connectivity index (χ1v) is 9.47. The van der Waals surface area contributed by atoms with E-state index < -0.39 is 0 Å². The summed E-state index contributed by atoms with van der Waals surface area (Å²) in [4.78, 5) is 0. The third kappa shape index (κ3) is 1.47. The Labute approximate surface area is 155 Å². The third-order valence-electron chi connectivity index (χ3n) is 5.49. The molecule has 0 unspecified atom stereocenters. The van der Waals surface area contributed by atoms with E-state index in [1.807, 2.05) is 18.2 Å². The monoisotopic (exact) mass is 369 g/mol. The molecule has 0 amide bonds. The fourth-order valence-corrected chi connectivity index (χ4v) is 5.69. The molecule has 2 N–H and O–H groups in total. The van der Waals surface area contributed by atoms with E-state index in [0.29, 0.717) is 5.58 Å². The molecular formula is C22H11NO3S. The molecule has 0 saturated carbocycles. The van der Waals surface area contributed by atoms with Gasteiger partial charge in [0, 0.05) is 32.3 Å². The van der Waals surface area contributed by atoms with Crippen molar-refractivity contribution >= 4 is 70.0 Å². The summed E-state index contributed by atoms with van der Waals surface area (Å²) in [6.45, 7) is 0. The molecule has 0 bridgehead atoms. The van der Waals surface area contributed by atoms with Gasteiger partial charge in [-0.1, -0.05) is 12.1 Å². The Morgan fingerprint density at radius 1 is 0.741 bits per heavy atom. The van der Waals surface area contributed by atoms with Gasteiger partial charge in [0.1, 0.15) is 22.6 Å². The SMILES string of the molecule is Oc1ccc2c(c1)oc1c3cccc4c5sc6cc(O)ccc6c5n(c34)c21. The molecule has 0 aliphatic heterocycles. The molecular weight excluding hydrogens is 358 g/mol. The van der Waals surface area contributed by atoms with Gasteiger partial charge in [-0.3, -0.25) is 0 Å². The fourth-order valence-electron chi connectivity index (χ4n) is 4.44. The molecule has 27 heavy (non-hydrogen) atoms. The lowest BCUT2D eigenvalue weighted by Gasteiger charge is -1.97. The van der Waals surface area contributed by atoms with Gasteiger partial charge in [0.15, 0.2) is 5.58 Å². The Hall–Kier alpha value is -3.44. The zero-order valence-corrected chi connectivity index (χ0v) is 14.7. The van der Waals surface area contributed by atoms with Gasteiger partial charge in [0.2, 0.25) is 0 Å². The summed E-state index contributed by atoms with van der Waals surface area (Å²) < 4.78 is 10.7. The van der Waals surface area contributed by atoms with Crippen molar-refractivity contribution in [2.24, 2.45) is 0 Å². The summed E-state index contributed by atoms with van der Waals surface area (Å²) in [5, 5.41) is 24.1. The summed E-state index contributed by atoms with van der Waals surface area (Å²) in [5.41, 5.74) is 4.86. The number of benzene rings is 3. The van der Waals surface area contributed by atoms with E-state index in [0.717, 1.165) is 43.0 Å². The predicted molar refractivity (Wildman–Crippen MR) is 110 cm³/mol. The Morgan fingerprint density at radius 3 is 2.41 bits per heavy atom. The van der Waals surface area contributed by atoms with Crippen molar-refractivity contribution in [1.29, 1.82) is 0 Å². The van der Waals surface area contributed by atoms with Gasteiger partial charge in [0.25, 0.3) is 0 Å². The number of phenolic OH excluding ortho intramolecular Hbond substituents is 2. The standard InChI is InChI=1S/C22H11NO3S/c24-10-4-6-12-16(8-10)26-21-14-2-1-3-15-18(14)23(19(12)21)20-13-7-5-11(25)9-17(13)27-22(15)20/h1-9,24-25H. The highest BCUT2D eigenvalue weighted by atomic mass is 32.1. The number of rotatable bonds is 0. The van der Waals surface area contributed by atoms with Crippen LogP contribution in [-0.2, 0) is 0 Å². The van der Waals surface area contributed by atoms with Crippen LogP contribution < -0.4 is 0 Å². The smallest absolute Gasteiger partial charge is 0.161 e. The van der Waals surface area contributed by atoms with Gasteiger partial charge in [-0.05, 0) is 36.4 Å². The maximum Gasteiger partial charge on any atom is 0.161 e. The zero-order chi connectivity index (χ0) is 17.9. The number of phenols is 2. The molecule has 0 aliphatic carbocycles. The Bertz CT molecular complexity index is 1580. The number of aromatic nitrogens is 1. The lowest BCUT2D eigenvalue weighted by Crippen LogP contribution is -1.80. The molecule has 4 aromatic heterocycles. The molecule has 3 aromatic carbocycles. The topological polar surface area (TPSA) is 58.0 Å². The minimum atomic E-state index is 0.197. The fraction of sp³-hybridized carbons (Fsp3) is 0. The van der Waals surface area contributed by atoms with Crippen LogP contribution >= 0.6 is 11.3 Å². The number of thiophene rings is 1. The van der Waals surface area contributed by atoms with E-state index in [1.165, 1.54) is 10.1 Å². The molecule has 0 spiro atoms. The summed E-state index contributed by atoms with van der Waals surface area (Å²) in [6, 6.07) is 17.1. The molecule has 7 rings (SSSR count). The second-order valence-electron chi connectivity index (χ2n) is 6.96. The normalized spacial score (nSPS) is 12.7. The quantitative estimate of drug-likeness (QED) is 0.334. The number of hydrogen-bond donors (Lipinski definition) is 2. The first-order chi connectivity index (χ1) is 13.2.